The van der Waals surface area contributed by atoms with E-state index in [9.17, 15) is 14.9 Å². The summed E-state index contributed by atoms with van der Waals surface area (Å²) in [5.41, 5.74) is 2.74. The molecule has 1 aliphatic heterocycles. The number of benzene rings is 2. The summed E-state index contributed by atoms with van der Waals surface area (Å²) in [4.78, 5) is 27.3. The van der Waals surface area contributed by atoms with Crippen LogP contribution in [0.1, 0.15) is 18.4 Å². The number of piperidine rings is 1. The van der Waals surface area contributed by atoms with Crippen molar-refractivity contribution in [2.24, 2.45) is 0 Å². The molecule has 0 radical (unpaired) electrons. The lowest BCUT2D eigenvalue weighted by Gasteiger charge is -2.33. The Balaban J connectivity index is 1.52. The fraction of sp³-hybridized carbons (Fsp3) is 0.381. The van der Waals surface area contributed by atoms with Crippen LogP contribution in [0.15, 0.2) is 48.5 Å². The van der Waals surface area contributed by atoms with Crippen LogP contribution < -0.4 is 10.2 Å². The highest BCUT2D eigenvalue weighted by Crippen LogP contribution is 2.26. The topological polar surface area (TPSA) is 78.7 Å². The van der Waals surface area contributed by atoms with E-state index in [4.69, 9.17) is 0 Å². The molecule has 0 bridgehead atoms. The highest BCUT2D eigenvalue weighted by molar-refractivity contribution is 5.79. The van der Waals surface area contributed by atoms with E-state index in [0.717, 1.165) is 24.1 Å². The van der Waals surface area contributed by atoms with Crippen molar-refractivity contribution in [2.75, 3.05) is 37.4 Å². The van der Waals surface area contributed by atoms with Gasteiger partial charge in [0.2, 0.25) is 5.91 Å². The quantitative estimate of drug-likeness (QED) is 0.613. The molecule has 1 saturated heterocycles. The van der Waals surface area contributed by atoms with Gasteiger partial charge in [-0.25, -0.2) is 0 Å². The van der Waals surface area contributed by atoms with E-state index in [-0.39, 0.29) is 22.6 Å². The van der Waals surface area contributed by atoms with Crippen LogP contribution in [0, 0.1) is 10.1 Å². The molecule has 7 heteroatoms. The fourth-order valence-electron chi connectivity index (χ4n) is 3.45. The molecule has 148 valence electrons. The maximum Gasteiger partial charge on any atom is 0.292 e. The lowest BCUT2D eigenvalue weighted by atomic mass is 10.0. The maximum absolute atomic E-state index is 12.6. The molecule has 1 N–H and O–H groups in total. The minimum Gasteiger partial charge on any atom is -0.378 e. The van der Waals surface area contributed by atoms with Gasteiger partial charge in [0, 0.05) is 45.0 Å². The number of carbonyl (C=O) groups is 1. The standard InChI is InChI=1S/C21H26N4O3/c1-23(2)18-9-7-16(8-10-18)15-21(26)24-13-11-17(12-14-24)22-19-5-3-4-6-20(19)25(27)28/h3-10,17,22H,11-15H2,1-2H3. The smallest absolute Gasteiger partial charge is 0.292 e. The molecule has 28 heavy (non-hydrogen) atoms. The average Bonchev–Trinajstić information content (AvgIpc) is 2.69. The van der Waals surface area contributed by atoms with Crippen LogP contribution in [-0.2, 0) is 11.2 Å². The van der Waals surface area contributed by atoms with Crippen molar-refractivity contribution in [3.8, 4) is 0 Å². The zero-order chi connectivity index (χ0) is 20.1. The molecule has 0 atom stereocenters. The van der Waals surface area contributed by atoms with Crippen LogP contribution in [0.2, 0.25) is 0 Å². The molecule has 0 unspecified atom stereocenters. The van der Waals surface area contributed by atoms with Crippen molar-refractivity contribution in [1.29, 1.82) is 0 Å². The summed E-state index contributed by atoms with van der Waals surface area (Å²) < 4.78 is 0. The average molecular weight is 382 g/mol. The Bertz CT molecular complexity index is 828. The molecule has 2 aromatic carbocycles. The summed E-state index contributed by atoms with van der Waals surface area (Å²) >= 11 is 0. The summed E-state index contributed by atoms with van der Waals surface area (Å²) in [5.74, 6) is 0.127. The van der Waals surface area contributed by atoms with Gasteiger partial charge in [-0.2, -0.15) is 0 Å². The molecule has 3 rings (SSSR count). The second kappa shape index (κ2) is 8.73. The number of likely N-dealkylation sites (tertiary alicyclic amines) is 1. The zero-order valence-electron chi connectivity index (χ0n) is 16.3. The number of para-hydroxylation sites is 2. The first kappa shape index (κ1) is 19.7. The fourth-order valence-corrected chi connectivity index (χ4v) is 3.45. The molecular formula is C21H26N4O3. The lowest BCUT2D eigenvalue weighted by Crippen LogP contribution is -2.43. The van der Waals surface area contributed by atoms with Gasteiger partial charge >= 0.3 is 0 Å². The Hall–Kier alpha value is -3.09. The number of hydrogen-bond donors (Lipinski definition) is 1. The Morgan fingerprint density at radius 2 is 1.79 bits per heavy atom. The van der Waals surface area contributed by atoms with Crippen LogP contribution in [0.5, 0.6) is 0 Å². The normalized spacial score (nSPS) is 14.6. The van der Waals surface area contributed by atoms with Gasteiger partial charge in [0.15, 0.2) is 0 Å². The second-order valence-electron chi connectivity index (χ2n) is 7.31. The first-order valence-electron chi connectivity index (χ1n) is 9.48. The predicted molar refractivity (Wildman–Crippen MR) is 111 cm³/mol. The number of nitrogens with zero attached hydrogens (tertiary/aromatic N) is 3. The summed E-state index contributed by atoms with van der Waals surface area (Å²) in [7, 11) is 3.98. The zero-order valence-corrected chi connectivity index (χ0v) is 16.3. The molecule has 0 aliphatic carbocycles. The molecule has 1 heterocycles. The molecule has 1 amide bonds. The van der Waals surface area contributed by atoms with E-state index in [0.29, 0.717) is 25.2 Å². The van der Waals surface area contributed by atoms with Crippen molar-refractivity contribution in [2.45, 2.75) is 25.3 Å². The predicted octanol–water partition coefficient (Wildman–Crippen LogP) is 3.31. The van der Waals surface area contributed by atoms with E-state index >= 15 is 0 Å². The van der Waals surface area contributed by atoms with E-state index in [1.807, 2.05) is 48.2 Å². The third kappa shape index (κ3) is 4.79. The van der Waals surface area contributed by atoms with Gasteiger partial charge in [-0.1, -0.05) is 24.3 Å². The van der Waals surface area contributed by atoms with Gasteiger partial charge in [-0.05, 0) is 36.6 Å². The summed E-state index contributed by atoms with van der Waals surface area (Å²) in [6.45, 7) is 1.32. The molecule has 0 saturated carbocycles. The van der Waals surface area contributed by atoms with Crippen LogP contribution in [0.3, 0.4) is 0 Å². The van der Waals surface area contributed by atoms with Gasteiger partial charge in [0.1, 0.15) is 5.69 Å². The lowest BCUT2D eigenvalue weighted by molar-refractivity contribution is -0.384. The first-order valence-corrected chi connectivity index (χ1v) is 9.48. The van der Waals surface area contributed by atoms with E-state index < -0.39 is 0 Å². The van der Waals surface area contributed by atoms with E-state index in [2.05, 4.69) is 5.32 Å². The molecular weight excluding hydrogens is 356 g/mol. The molecule has 0 aromatic heterocycles. The Kier molecular flexibility index (Phi) is 6.13. The molecule has 1 fully saturated rings. The molecule has 1 aliphatic rings. The van der Waals surface area contributed by atoms with Crippen molar-refractivity contribution in [3.05, 3.63) is 64.2 Å². The molecule has 0 spiro atoms. The minimum absolute atomic E-state index is 0.0853. The first-order chi connectivity index (χ1) is 13.4. The maximum atomic E-state index is 12.6. The molecule has 7 nitrogen and oxygen atoms in total. The summed E-state index contributed by atoms with van der Waals surface area (Å²) in [6, 6.07) is 14.8. The van der Waals surface area contributed by atoms with Gasteiger partial charge in [0.25, 0.3) is 5.69 Å². The number of rotatable bonds is 6. The second-order valence-corrected chi connectivity index (χ2v) is 7.31. The number of nitro benzene ring substituents is 1. The van der Waals surface area contributed by atoms with Crippen molar-refractivity contribution < 1.29 is 9.72 Å². The summed E-state index contributed by atoms with van der Waals surface area (Å²) in [6.07, 6.45) is 1.95. The van der Waals surface area contributed by atoms with Crippen LogP contribution >= 0.6 is 0 Å². The van der Waals surface area contributed by atoms with Crippen LogP contribution in [0.4, 0.5) is 17.1 Å². The number of anilines is 2. The number of nitro groups is 1. The SMILES string of the molecule is CN(C)c1ccc(CC(=O)N2CCC(Nc3ccccc3[N+](=O)[O-])CC2)cc1. The minimum atomic E-state index is -0.372. The van der Waals surface area contributed by atoms with Gasteiger partial charge in [0.05, 0.1) is 11.3 Å². The third-order valence-corrected chi connectivity index (χ3v) is 5.12. The number of amides is 1. The third-order valence-electron chi connectivity index (χ3n) is 5.12. The van der Waals surface area contributed by atoms with Crippen molar-refractivity contribution in [3.63, 3.8) is 0 Å². The van der Waals surface area contributed by atoms with Crippen LogP contribution in [0.25, 0.3) is 0 Å². The largest absolute Gasteiger partial charge is 0.378 e. The highest BCUT2D eigenvalue weighted by atomic mass is 16.6. The Labute approximate surface area is 165 Å². The van der Waals surface area contributed by atoms with E-state index in [1.165, 1.54) is 6.07 Å². The highest BCUT2D eigenvalue weighted by Gasteiger charge is 2.24. The van der Waals surface area contributed by atoms with Crippen molar-refractivity contribution >= 4 is 23.0 Å². The monoisotopic (exact) mass is 382 g/mol. The molecule has 2 aromatic rings. The Morgan fingerprint density at radius 3 is 2.39 bits per heavy atom. The number of nitrogens with one attached hydrogen (secondary N) is 1. The Morgan fingerprint density at radius 1 is 1.14 bits per heavy atom. The van der Waals surface area contributed by atoms with Crippen LogP contribution in [-0.4, -0.2) is 49.0 Å². The van der Waals surface area contributed by atoms with Gasteiger partial charge < -0.3 is 15.1 Å². The van der Waals surface area contributed by atoms with Gasteiger partial charge in [-0.3, -0.25) is 14.9 Å². The van der Waals surface area contributed by atoms with E-state index in [1.54, 1.807) is 18.2 Å². The van der Waals surface area contributed by atoms with Crippen molar-refractivity contribution in [1.82, 2.24) is 4.90 Å². The number of carbonyl (C=O) groups excluding carboxylic acids is 1. The number of hydrogen-bond acceptors (Lipinski definition) is 5. The summed E-state index contributed by atoms with van der Waals surface area (Å²) in [5, 5.41) is 14.4. The van der Waals surface area contributed by atoms with Gasteiger partial charge in [-0.15, -0.1) is 0 Å².